The highest BCUT2D eigenvalue weighted by molar-refractivity contribution is 7.89. The Morgan fingerprint density at radius 1 is 1.41 bits per heavy atom. The molecule has 0 aliphatic carbocycles. The quantitative estimate of drug-likeness (QED) is 0.772. The van der Waals surface area contributed by atoms with Gasteiger partial charge in [-0.2, -0.15) is 0 Å². The number of hydrogen-bond donors (Lipinski definition) is 2. The van der Waals surface area contributed by atoms with E-state index in [4.69, 9.17) is 5.73 Å². The van der Waals surface area contributed by atoms with Gasteiger partial charge in [-0.1, -0.05) is 18.2 Å². The average molecular weight is 258 g/mol. The summed E-state index contributed by atoms with van der Waals surface area (Å²) in [5.41, 5.74) is 5.72. The third-order valence-electron chi connectivity index (χ3n) is 2.13. The first-order valence-electron chi connectivity index (χ1n) is 5.08. The predicted molar refractivity (Wildman–Crippen MR) is 64.5 cm³/mol. The Balaban J connectivity index is 2.89. The molecular formula is C11H15FN2O2S. The summed E-state index contributed by atoms with van der Waals surface area (Å²) in [6, 6.07) is 3.66. The topological polar surface area (TPSA) is 72.2 Å². The highest BCUT2D eigenvalue weighted by Gasteiger charge is 2.16. The first-order chi connectivity index (χ1) is 7.97. The molecule has 4 nitrogen and oxygen atoms in total. The Labute approximate surface area is 100 Å². The molecule has 0 heterocycles. The molecule has 0 unspecified atom stereocenters. The lowest BCUT2D eigenvalue weighted by atomic mass is 10.2. The summed E-state index contributed by atoms with van der Waals surface area (Å²) in [6.45, 7) is 2.10. The van der Waals surface area contributed by atoms with Gasteiger partial charge in [-0.3, -0.25) is 0 Å². The van der Waals surface area contributed by atoms with E-state index in [1.165, 1.54) is 12.1 Å². The summed E-state index contributed by atoms with van der Waals surface area (Å²) in [4.78, 5) is -0.0429. The van der Waals surface area contributed by atoms with Crippen LogP contribution in [-0.2, 0) is 10.0 Å². The molecule has 6 heteroatoms. The normalized spacial score (nSPS) is 12.2. The van der Waals surface area contributed by atoms with Crippen molar-refractivity contribution in [2.24, 2.45) is 5.73 Å². The Morgan fingerprint density at radius 3 is 2.76 bits per heavy atom. The van der Waals surface area contributed by atoms with Crippen LogP contribution < -0.4 is 10.5 Å². The molecule has 0 atom stereocenters. The molecule has 17 heavy (non-hydrogen) atoms. The van der Waals surface area contributed by atoms with Crippen LogP contribution in [0.5, 0.6) is 0 Å². The monoisotopic (exact) mass is 258 g/mol. The number of halogens is 1. The standard InChI is InChI=1S/C11H15FN2O2S/c1-9-4-5-10(12)8-11(9)17(15,16)14-7-3-2-6-13/h2-5,8,14H,6-7,13H2,1H3/b3-2+. The molecule has 0 saturated heterocycles. The van der Waals surface area contributed by atoms with Crippen molar-refractivity contribution < 1.29 is 12.8 Å². The summed E-state index contributed by atoms with van der Waals surface area (Å²) in [7, 11) is -3.68. The van der Waals surface area contributed by atoms with Gasteiger partial charge >= 0.3 is 0 Å². The molecule has 0 radical (unpaired) electrons. The van der Waals surface area contributed by atoms with Gasteiger partial charge in [0.2, 0.25) is 10.0 Å². The number of aryl methyl sites for hydroxylation is 1. The number of rotatable bonds is 5. The van der Waals surface area contributed by atoms with Crippen molar-refractivity contribution in [2.45, 2.75) is 11.8 Å². The van der Waals surface area contributed by atoms with E-state index in [2.05, 4.69) is 4.72 Å². The van der Waals surface area contributed by atoms with Crippen molar-refractivity contribution in [3.63, 3.8) is 0 Å². The van der Waals surface area contributed by atoms with E-state index in [1.54, 1.807) is 19.1 Å². The van der Waals surface area contributed by atoms with E-state index < -0.39 is 15.8 Å². The van der Waals surface area contributed by atoms with Gasteiger partial charge in [0.25, 0.3) is 0 Å². The maximum atomic E-state index is 13.0. The predicted octanol–water partition coefficient (Wildman–Crippen LogP) is 0.927. The maximum Gasteiger partial charge on any atom is 0.241 e. The summed E-state index contributed by atoms with van der Waals surface area (Å²) >= 11 is 0. The van der Waals surface area contributed by atoms with Crippen molar-refractivity contribution in [1.29, 1.82) is 0 Å². The summed E-state index contributed by atoms with van der Waals surface area (Å²) in [5, 5.41) is 0. The van der Waals surface area contributed by atoms with Crippen LogP contribution in [0.3, 0.4) is 0 Å². The minimum Gasteiger partial charge on any atom is -0.327 e. The van der Waals surface area contributed by atoms with Crippen LogP contribution in [0.15, 0.2) is 35.2 Å². The molecule has 1 aromatic rings. The molecule has 1 aromatic carbocycles. The van der Waals surface area contributed by atoms with Gasteiger partial charge in [-0.15, -0.1) is 0 Å². The fraction of sp³-hybridized carbons (Fsp3) is 0.273. The lowest BCUT2D eigenvalue weighted by Gasteiger charge is -2.07. The minimum absolute atomic E-state index is 0.0429. The third kappa shape index (κ3) is 3.92. The van der Waals surface area contributed by atoms with Crippen molar-refractivity contribution >= 4 is 10.0 Å². The van der Waals surface area contributed by atoms with E-state index >= 15 is 0 Å². The van der Waals surface area contributed by atoms with Crippen molar-refractivity contribution in [3.05, 3.63) is 41.7 Å². The van der Waals surface area contributed by atoms with Crippen LogP contribution in [0.4, 0.5) is 4.39 Å². The van der Waals surface area contributed by atoms with E-state index in [9.17, 15) is 12.8 Å². The maximum absolute atomic E-state index is 13.0. The second-order valence-electron chi connectivity index (χ2n) is 3.47. The van der Waals surface area contributed by atoms with Gasteiger partial charge in [0.1, 0.15) is 5.82 Å². The highest BCUT2D eigenvalue weighted by atomic mass is 32.2. The molecule has 0 aromatic heterocycles. The number of nitrogens with one attached hydrogen (secondary N) is 1. The zero-order valence-electron chi connectivity index (χ0n) is 9.48. The second-order valence-corrected chi connectivity index (χ2v) is 5.20. The number of sulfonamides is 1. The number of benzene rings is 1. The van der Waals surface area contributed by atoms with Gasteiger partial charge in [0.15, 0.2) is 0 Å². The van der Waals surface area contributed by atoms with Crippen LogP contribution >= 0.6 is 0 Å². The van der Waals surface area contributed by atoms with Crippen molar-refractivity contribution in [2.75, 3.05) is 13.1 Å². The average Bonchev–Trinajstić information content (AvgIpc) is 2.28. The number of nitrogens with two attached hydrogens (primary N) is 1. The van der Waals surface area contributed by atoms with Gasteiger partial charge < -0.3 is 5.73 Å². The third-order valence-corrected chi connectivity index (χ3v) is 3.70. The lowest BCUT2D eigenvalue weighted by molar-refractivity contribution is 0.580. The SMILES string of the molecule is Cc1ccc(F)cc1S(=O)(=O)NC/C=C/CN. The van der Waals surface area contributed by atoms with E-state index in [1.807, 2.05) is 0 Å². The Kier molecular flexibility index (Phi) is 4.80. The fourth-order valence-electron chi connectivity index (χ4n) is 1.28. The molecule has 0 fully saturated rings. The van der Waals surface area contributed by atoms with Gasteiger partial charge in [-0.05, 0) is 24.6 Å². The largest absolute Gasteiger partial charge is 0.327 e. The van der Waals surface area contributed by atoms with Crippen molar-refractivity contribution in [1.82, 2.24) is 4.72 Å². The summed E-state index contributed by atoms with van der Waals surface area (Å²) in [5.74, 6) is -0.575. The Morgan fingerprint density at radius 2 is 2.12 bits per heavy atom. The molecule has 0 amide bonds. The van der Waals surface area contributed by atoms with Gasteiger partial charge in [0, 0.05) is 13.1 Å². The Bertz CT molecular complexity index is 512. The molecule has 94 valence electrons. The van der Waals surface area contributed by atoms with Crippen LogP contribution in [0.2, 0.25) is 0 Å². The molecule has 3 N–H and O–H groups in total. The first-order valence-corrected chi connectivity index (χ1v) is 6.56. The first kappa shape index (κ1) is 13.8. The zero-order valence-corrected chi connectivity index (χ0v) is 10.3. The summed E-state index contributed by atoms with van der Waals surface area (Å²) < 4.78 is 39.0. The van der Waals surface area contributed by atoms with E-state index in [0.717, 1.165) is 6.07 Å². The smallest absolute Gasteiger partial charge is 0.241 e. The zero-order chi connectivity index (χ0) is 12.9. The molecule has 1 rings (SSSR count). The molecule has 0 bridgehead atoms. The number of hydrogen-bond acceptors (Lipinski definition) is 3. The van der Waals surface area contributed by atoms with Crippen LogP contribution in [0.25, 0.3) is 0 Å². The molecule has 0 aliphatic rings. The highest BCUT2D eigenvalue weighted by Crippen LogP contribution is 2.15. The van der Waals surface area contributed by atoms with Gasteiger partial charge in [-0.25, -0.2) is 17.5 Å². The molecule has 0 aliphatic heterocycles. The fourth-order valence-corrected chi connectivity index (χ4v) is 2.51. The van der Waals surface area contributed by atoms with E-state index in [0.29, 0.717) is 12.1 Å². The van der Waals surface area contributed by atoms with Crippen LogP contribution in [0.1, 0.15) is 5.56 Å². The van der Waals surface area contributed by atoms with Crippen LogP contribution in [-0.4, -0.2) is 21.5 Å². The van der Waals surface area contributed by atoms with Gasteiger partial charge in [0.05, 0.1) is 4.90 Å². The molecule has 0 spiro atoms. The van der Waals surface area contributed by atoms with E-state index in [-0.39, 0.29) is 11.4 Å². The summed E-state index contributed by atoms with van der Waals surface area (Å²) in [6.07, 6.45) is 3.24. The molecular weight excluding hydrogens is 243 g/mol. The minimum atomic E-state index is -3.68. The lowest BCUT2D eigenvalue weighted by Crippen LogP contribution is -2.24. The Hall–Kier alpha value is -1.24. The molecule has 0 saturated carbocycles. The van der Waals surface area contributed by atoms with Crippen LogP contribution in [0, 0.1) is 12.7 Å². The second kappa shape index (κ2) is 5.90. The van der Waals surface area contributed by atoms with Crippen molar-refractivity contribution in [3.8, 4) is 0 Å².